The largest absolute Gasteiger partial charge is 0.337 e. The lowest BCUT2D eigenvalue weighted by atomic mass is 10.2. The zero-order valence-corrected chi connectivity index (χ0v) is 19.5. The number of nitrogens with zero attached hydrogens (tertiary/aromatic N) is 8. The molecule has 14 nitrogen and oxygen atoms in total. The summed E-state index contributed by atoms with van der Waals surface area (Å²) in [5.41, 5.74) is 0.0544. The van der Waals surface area contributed by atoms with E-state index >= 15 is 0 Å². The first kappa shape index (κ1) is 22.8. The lowest BCUT2D eigenvalue weighted by Crippen LogP contribution is -2.37. The number of amides is 1. The number of aryl methyl sites for hydroxylation is 2. The van der Waals surface area contributed by atoms with E-state index in [0.29, 0.717) is 28.7 Å². The molecule has 36 heavy (non-hydrogen) atoms. The fourth-order valence-corrected chi connectivity index (χ4v) is 3.58. The SMILES string of the molecule is Cc1ncc(-c2cccc(NC(=O)[C@H](C)n3cnc4[nH]c(=O)n(Cc5nc(C)no5)c(=O)c43)n2)cn1. The number of hydrogen-bond acceptors (Lipinski definition) is 10. The zero-order chi connectivity index (χ0) is 25.4. The van der Waals surface area contributed by atoms with Crippen LogP contribution >= 0.6 is 0 Å². The normalized spacial score (nSPS) is 12.1. The highest BCUT2D eigenvalue weighted by molar-refractivity contribution is 5.93. The third-order valence-corrected chi connectivity index (χ3v) is 5.45. The van der Waals surface area contributed by atoms with E-state index in [-0.39, 0.29) is 23.6 Å². The van der Waals surface area contributed by atoms with Crippen LogP contribution in [0.3, 0.4) is 0 Å². The molecule has 0 spiro atoms. The number of anilines is 1. The van der Waals surface area contributed by atoms with Crippen molar-refractivity contribution in [3.63, 3.8) is 0 Å². The number of rotatable bonds is 6. The molecule has 182 valence electrons. The summed E-state index contributed by atoms with van der Waals surface area (Å²) in [6.07, 6.45) is 4.62. The predicted octanol–water partition coefficient (Wildman–Crippen LogP) is 0.986. The van der Waals surface area contributed by atoms with Gasteiger partial charge in [-0.2, -0.15) is 4.98 Å². The van der Waals surface area contributed by atoms with Crippen LogP contribution in [-0.2, 0) is 11.3 Å². The molecule has 0 bridgehead atoms. The fraction of sp³-hybridized carbons (Fsp3) is 0.227. The molecule has 14 heteroatoms. The van der Waals surface area contributed by atoms with Gasteiger partial charge >= 0.3 is 5.69 Å². The predicted molar refractivity (Wildman–Crippen MR) is 126 cm³/mol. The number of aromatic amines is 1. The molecule has 5 aromatic heterocycles. The Morgan fingerprint density at radius 1 is 1.11 bits per heavy atom. The summed E-state index contributed by atoms with van der Waals surface area (Å²) in [6, 6.07) is 4.31. The average Bonchev–Trinajstić information content (AvgIpc) is 3.47. The van der Waals surface area contributed by atoms with Gasteiger partial charge in [0.25, 0.3) is 5.56 Å². The van der Waals surface area contributed by atoms with Crippen LogP contribution in [0.5, 0.6) is 0 Å². The maximum absolute atomic E-state index is 13.2. The maximum Gasteiger partial charge on any atom is 0.330 e. The molecule has 0 saturated carbocycles. The van der Waals surface area contributed by atoms with Crippen LogP contribution in [0.15, 0.2) is 51.0 Å². The number of carbonyl (C=O) groups excluding carboxylic acids is 1. The van der Waals surface area contributed by atoms with Gasteiger partial charge in [-0.15, -0.1) is 0 Å². The second-order valence-electron chi connectivity index (χ2n) is 8.00. The van der Waals surface area contributed by atoms with E-state index in [1.807, 2.05) is 0 Å². The van der Waals surface area contributed by atoms with Crippen molar-refractivity contribution >= 4 is 22.9 Å². The Bertz CT molecular complexity index is 1700. The number of carbonyl (C=O) groups is 1. The van der Waals surface area contributed by atoms with Crippen LogP contribution in [-0.4, -0.2) is 50.1 Å². The molecule has 1 amide bonds. The maximum atomic E-state index is 13.2. The van der Waals surface area contributed by atoms with Crippen molar-refractivity contribution in [1.82, 2.24) is 44.2 Å². The molecule has 0 aromatic carbocycles. The van der Waals surface area contributed by atoms with Gasteiger partial charge in [-0.05, 0) is 32.9 Å². The quantitative estimate of drug-likeness (QED) is 0.350. The van der Waals surface area contributed by atoms with Crippen molar-refractivity contribution in [2.24, 2.45) is 0 Å². The van der Waals surface area contributed by atoms with Crippen LogP contribution in [0.2, 0.25) is 0 Å². The molecule has 2 N–H and O–H groups in total. The number of imidazole rings is 1. The van der Waals surface area contributed by atoms with Gasteiger partial charge in [0.2, 0.25) is 11.8 Å². The van der Waals surface area contributed by atoms with E-state index < -0.39 is 23.2 Å². The molecular formula is C22H20N10O4. The lowest BCUT2D eigenvalue weighted by Gasteiger charge is -2.14. The molecule has 0 unspecified atom stereocenters. The summed E-state index contributed by atoms with van der Waals surface area (Å²) in [6.45, 7) is 4.78. The Morgan fingerprint density at radius 2 is 1.89 bits per heavy atom. The van der Waals surface area contributed by atoms with Gasteiger partial charge in [0.05, 0.1) is 12.0 Å². The van der Waals surface area contributed by atoms with E-state index in [0.717, 1.165) is 4.57 Å². The summed E-state index contributed by atoms with van der Waals surface area (Å²) < 4.78 is 7.32. The summed E-state index contributed by atoms with van der Waals surface area (Å²) >= 11 is 0. The molecule has 0 aliphatic heterocycles. The van der Waals surface area contributed by atoms with Crippen LogP contribution in [0.1, 0.15) is 30.5 Å². The van der Waals surface area contributed by atoms with Gasteiger partial charge in [-0.3, -0.25) is 14.6 Å². The Balaban J connectivity index is 1.43. The molecule has 5 aromatic rings. The molecule has 0 aliphatic rings. The summed E-state index contributed by atoms with van der Waals surface area (Å²) in [5, 5.41) is 6.42. The molecular weight excluding hydrogens is 468 g/mol. The average molecular weight is 488 g/mol. The molecule has 5 heterocycles. The molecule has 0 saturated heterocycles. The van der Waals surface area contributed by atoms with Crippen molar-refractivity contribution in [3.05, 3.63) is 75.3 Å². The zero-order valence-electron chi connectivity index (χ0n) is 19.5. The molecule has 5 rings (SSSR count). The highest BCUT2D eigenvalue weighted by Crippen LogP contribution is 2.19. The van der Waals surface area contributed by atoms with E-state index in [1.165, 1.54) is 10.9 Å². The third-order valence-electron chi connectivity index (χ3n) is 5.45. The Kier molecular flexibility index (Phi) is 5.68. The number of H-pyrrole nitrogens is 1. The van der Waals surface area contributed by atoms with Crippen molar-refractivity contribution in [1.29, 1.82) is 0 Å². The first-order chi connectivity index (χ1) is 17.3. The molecule has 0 radical (unpaired) electrons. The van der Waals surface area contributed by atoms with E-state index in [1.54, 1.807) is 51.4 Å². The highest BCUT2D eigenvalue weighted by atomic mass is 16.5. The number of nitrogens with one attached hydrogen (secondary N) is 2. The summed E-state index contributed by atoms with van der Waals surface area (Å²) in [4.78, 5) is 62.2. The van der Waals surface area contributed by atoms with Gasteiger partial charge in [-0.1, -0.05) is 11.2 Å². The van der Waals surface area contributed by atoms with Crippen molar-refractivity contribution in [2.45, 2.75) is 33.4 Å². The fourth-order valence-electron chi connectivity index (χ4n) is 3.58. The number of fused-ring (bicyclic) bond motifs is 1. The Morgan fingerprint density at radius 3 is 2.61 bits per heavy atom. The van der Waals surface area contributed by atoms with E-state index in [2.05, 4.69) is 40.4 Å². The van der Waals surface area contributed by atoms with Gasteiger partial charge in [0.1, 0.15) is 24.2 Å². The molecule has 0 fully saturated rings. The van der Waals surface area contributed by atoms with Gasteiger partial charge in [0, 0.05) is 18.0 Å². The monoisotopic (exact) mass is 488 g/mol. The Hall–Kier alpha value is -5.01. The van der Waals surface area contributed by atoms with E-state index in [4.69, 9.17) is 4.52 Å². The van der Waals surface area contributed by atoms with Gasteiger partial charge < -0.3 is 14.4 Å². The summed E-state index contributed by atoms with van der Waals surface area (Å²) in [7, 11) is 0. The minimum absolute atomic E-state index is 0.0481. The Labute approximate surface area is 202 Å². The van der Waals surface area contributed by atoms with Gasteiger partial charge in [-0.25, -0.2) is 29.3 Å². The van der Waals surface area contributed by atoms with Crippen molar-refractivity contribution in [2.75, 3.05) is 5.32 Å². The smallest absolute Gasteiger partial charge is 0.330 e. The summed E-state index contributed by atoms with van der Waals surface area (Å²) in [5.74, 6) is 0.979. The van der Waals surface area contributed by atoms with Crippen LogP contribution in [0.25, 0.3) is 22.4 Å². The minimum Gasteiger partial charge on any atom is -0.337 e. The molecule has 0 aliphatic carbocycles. The first-order valence-electron chi connectivity index (χ1n) is 10.9. The van der Waals surface area contributed by atoms with Crippen LogP contribution < -0.4 is 16.6 Å². The second-order valence-corrected chi connectivity index (χ2v) is 8.00. The van der Waals surface area contributed by atoms with Crippen LogP contribution in [0, 0.1) is 13.8 Å². The van der Waals surface area contributed by atoms with Crippen LogP contribution in [0.4, 0.5) is 5.82 Å². The van der Waals surface area contributed by atoms with Crippen molar-refractivity contribution in [3.8, 4) is 11.3 Å². The van der Waals surface area contributed by atoms with Crippen molar-refractivity contribution < 1.29 is 9.32 Å². The van der Waals surface area contributed by atoms with Gasteiger partial charge in [0.15, 0.2) is 17.0 Å². The number of aromatic nitrogens is 9. The standard InChI is InChI=1S/C22H20N10O4/c1-11(20(33)28-16-6-4-5-15(27-16)14-7-23-12(2)24-8-14)32-10-25-19-18(32)21(34)31(22(35)29-19)9-17-26-13(3)30-36-17/h4-8,10-11H,9H2,1-3H3,(H,29,35)(H,27,28,33)/t11-/m0/s1. The lowest BCUT2D eigenvalue weighted by molar-refractivity contribution is -0.118. The third kappa shape index (κ3) is 4.26. The highest BCUT2D eigenvalue weighted by Gasteiger charge is 2.22. The topological polar surface area (TPSA) is 179 Å². The number of pyridine rings is 1. The second kappa shape index (κ2) is 8.98. The molecule has 1 atom stereocenters. The first-order valence-corrected chi connectivity index (χ1v) is 10.9. The van der Waals surface area contributed by atoms with E-state index in [9.17, 15) is 14.4 Å². The minimum atomic E-state index is -0.860. The number of hydrogen-bond donors (Lipinski definition) is 2.